The van der Waals surface area contributed by atoms with E-state index in [4.69, 9.17) is 4.74 Å². The Hall–Kier alpha value is -2.10. The molecule has 0 aliphatic heterocycles. The third kappa shape index (κ3) is 2.93. The molecule has 17 heavy (non-hydrogen) atoms. The van der Waals surface area contributed by atoms with Gasteiger partial charge in [-0.25, -0.2) is 4.98 Å². The number of rotatable bonds is 4. The van der Waals surface area contributed by atoms with E-state index in [1.807, 2.05) is 24.3 Å². The Labute approximate surface area is 101 Å². The van der Waals surface area contributed by atoms with Gasteiger partial charge in [0.25, 0.3) is 0 Å². The number of nitrogens with zero attached hydrogens (tertiary/aromatic N) is 2. The van der Waals surface area contributed by atoms with Gasteiger partial charge in [0.1, 0.15) is 11.6 Å². The Balaban J connectivity index is 2.06. The maximum atomic E-state index is 5.12. The molecule has 1 unspecified atom stereocenters. The molecule has 4 nitrogen and oxygen atoms in total. The van der Waals surface area contributed by atoms with E-state index in [-0.39, 0.29) is 6.04 Å². The third-order valence-corrected chi connectivity index (χ3v) is 2.54. The third-order valence-electron chi connectivity index (χ3n) is 2.54. The topological polar surface area (TPSA) is 47.0 Å². The number of nitrogens with one attached hydrogen (secondary N) is 1. The number of anilines is 1. The monoisotopic (exact) mass is 229 g/mol. The van der Waals surface area contributed by atoms with E-state index in [0.29, 0.717) is 0 Å². The van der Waals surface area contributed by atoms with Crippen molar-refractivity contribution < 1.29 is 4.74 Å². The van der Waals surface area contributed by atoms with Crippen LogP contribution in [0.25, 0.3) is 0 Å². The Morgan fingerprint density at radius 3 is 2.53 bits per heavy atom. The van der Waals surface area contributed by atoms with Crippen molar-refractivity contribution in [1.82, 2.24) is 9.97 Å². The maximum absolute atomic E-state index is 5.12. The lowest BCUT2D eigenvalue weighted by atomic mass is 10.1. The van der Waals surface area contributed by atoms with Crippen LogP contribution in [-0.4, -0.2) is 17.1 Å². The maximum Gasteiger partial charge on any atom is 0.144 e. The molecule has 0 spiro atoms. The molecule has 1 heterocycles. The molecule has 4 heteroatoms. The Bertz CT molecular complexity index is 456. The van der Waals surface area contributed by atoms with Crippen LogP contribution in [0.3, 0.4) is 0 Å². The molecular weight excluding hydrogens is 214 g/mol. The molecule has 88 valence electrons. The van der Waals surface area contributed by atoms with Crippen LogP contribution >= 0.6 is 0 Å². The van der Waals surface area contributed by atoms with Crippen molar-refractivity contribution in [1.29, 1.82) is 0 Å². The highest BCUT2D eigenvalue weighted by molar-refractivity contribution is 5.37. The van der Waals surface area contributed by atoms with Gasteiger partial charge in [-0.15, -0.1) is 0 Å². The predicted molar refractivity (Wildman–Crippen MR) is 67.1 cm³/mol. The zero-order chi connectivity index (χ0) is 12.1. The summed E-state index contributed by atoms with van der Waals surface area (Å²) in [5, 5.41) is 3.28. The van der Waals surface area contributed by atoms with Crippen molar-refractivity contribution >= 4 is 5.82 Å². The zero-order valence-corrected chi connectivity index (χ0v) is 9.92. The molecule has 1 aromatic carbocycles. The quantitative estimate of drug-likeness (QED) is 0.875. The van der Waals surface area contributed by atoms with Crippen LogP contribution in [0.15, 0.2) is 42.9 Å². The molecule has 0 fully saturated rings. The average Bonchev–Trinajstić information content (AvgIpc) is 2.40. The summed E-state index contributed by atoms with van der Waals surface area (Å²) in [4.78, 5) is 8.19. The number of methoxy groups -OCH3 is 1. The van der Waals surface area contributed by atoms with E-state index in [0.717, 1.165) is 11.6 Å². The lowest BCUT2D eigenvalue weighted by molar-refractivity contribution is 0.414. The SMILES string of the molecule is COc1ccc(C(C)Nc2cnccn2)cc1. The lowest BCUT2D eigenvalue weighted by Crippen LogP contribution is -2.07. The fourth-order valence-corrected chi connectivity index (χ4v) is 1.57. The highest BCUT2D eigenvalue weighted by atomic mass is 16.5. The molecule has 1 aromatic heterocycles. The number of hydrogen-bond donors (Lipinski definition) is 1. The first-order chi connectivity index (χ1) is 8.29. The summed E-state index contributed by atoms with van der Waals surface area (Å²) in [7, 11) is 1.66. The van der Waals surface area contributed by atoms with Gasteiger partial charge >= 0.3 is 0 Å². The van der Waals surface area contributed by atoms with Crippen LogP contribution in [0.2, 0.25) is 0 Å². The Kier molecular flexibility index (Phi) is 3.55. The minimum Gasteiger partial charge on any atom is -0.497 e. The minimum atomic E-state index is 0.178. The molecule has 1 N–H and O–H groups in total. The minimum absolute atomic E-state index is 0.178. The Morgan fingerprint density at radius 2 is 1.94 bits per heavy atom. The summed E-state index contributed by atoms with van der Waals surface area (Å²) < 4.78 is 5.12. The van der Waals surface area contributed by atoms with Gasteiger partial charge in [-0.1, -0.05) is 12.1 Å². The van der Waals surface area contributed by atoms with Gasteiger partial charge in [-0.05, 0) is 24.6 Å². The van der Waals surface area contributed by atoms with Gasteiger partial charge in [0.2, 0.25) is 0 Å². The first-order valence-corrected chi connectivity index (χ1v) is 5.46. The highest BCUT2D eigenvalue weighted by Crippen LogP contribution is 2.19. The van der Waals surface area contributed by atoms with Crippen molar-refractivity contribution in [3.8, 4) is 5.75 Å². The van der Waals surface area contributed by atoms with Crippen molar-refractivity contribution in [3.63, 3.8) is 0 Å². The predicted octanol–water partition coefficient (Wildman–Crippen LogP) is 2.66. The van der Waals surface area contributed by atoms with Gasteiger partial charge in [-0.2, -0.15) is 0 Å². The number of benzene rings is 1. The summed E-state index contributed by atoms with van der Waals surface area (Å²) in [5.41, 5.74) is 1.18. The largest absolute Gasteiger partial charge is 0.497 e. The van der Waals surface area contributed by atoms with Gasteiger partial charge in [0.15, 0.2) is 0 Å². The van der Waals surface area contributed by atoms with E-state index in [1.165, 1.54) is 5.56 Å². The van der Waals surface area contributed by atoms with Crippen molar-refractivity contribution in [2.24, 2.45) is 0 Å². The summed E-state index contributed by atoms with van der Waals surface area (Å²) in [6.07, 6.45) is 5.03. The molecule has 0 bridgehead atoms. The molecule has 0 aliphatic rings. The first-order valence-electron chi connectivity index (χ1n) is 5.46. The average molecular weight is 229 g/mol. The van der Waals surface area contributed by atoms with Crippen molar-refractivity contribution in [2.45, 2.75) is 13.0 Å². The second-order valence-corrected chi connectivity index (χ2v) is 3.73. The smallest absolute Gasteiger partial charge is 0.144 e. The second kappa shape index (κ2) is 5.30. The number of ether oxygens (including phenoxy) is 1. The van der Waals surface area contributed by atoms with Crippen molar-refractivity contribution in [3.05, 3.63) is 48.4 Å². The normalized spacial score (nSPS) is 11.9. The van der Waals surface area contributed by atoms with Crippen LogP contribution in [0.1, 0.15) is 18.5 Å². The number of aromatic nitrogens is 2. The summed E-state index contributed by atoms with van der Waals surface area (Å²) in [6, 6.07) is 8.14. The van der Waals surface area contributed by atoms with Gasteiger partial charge in [0, 0.05) is 18.4 Å². The lowest BCUT2D eigenvalue weighted by Gasteiger charge is -2.14. The van der Waals surface area contributed by atoms with E-state index >= 15 is 0 Å². The first kappa shape index (κ1) is 11.4. The van der Waals surface area contributed by atoms with Gasteiger partial charge in [0.05, 0.1) is 13.3 Å². The van der Waals surface area contributed by atoms with Crippen LogP contribution in [0.5, 0.6) is 5.75 Å². The molecule has 0 radical (unpaired) electrons. The molecule has 0 saturated heterocycles. The van der Waals surface area contributed by atoms with Crippen molar-refractivity contribution in [2.75, 3.05) is 12.4 Å². The summed E-state index contributed by atoms with van der Waals surface area (Å²) in [5.74, 6) is 1.64. The fraction of sp³-hybridized carbons (Fsp3) is 0.231. The molecule has 1 atom stereocenters. The van der Waals surface area contributed by atoms with E-state index in [1.54, 1.807) is 25.7 Å². The molecule has 0 aliphatic carbocycles. The molecular formula is C13H15N3O. The highest BCUT2D eigenvalue weighted by Gasteiger charge is 2.05. The van der Waals surface area contributed by atoms with Gasteiger partial charge < -0.3 is 10.1 Å². The van der Waals surface area contributed by atoms with Gasteiger partial charge in [-0.3, -0.25) is 4.98 Å². The van der Waals surface area contributed by atoms with Crippen LogP contribution in [-0.2, 0) is 0 Å². The summed E-state index contributed by atoms with van der Waals surface area (Å²) >= 11 is 0. The van der Waals surface area contributed by atoms with E-state index < -0.39 is 0 Å². The van der Waals surface area contributed by atoms with Crippen LogP contribution in [0, 0.1) is 0 Å². The van der Waals surface area contributed by atoms with E-state index in [2.05, 4.69) is 22.2 Å². The van der Waals surface area contributed by atoms with Crippen LogP contribution in [0.4, 0.5) is 5.82 Å². The van der Waals surface area contributed by atoms with Crippen LogP contribution < -0.4 is 10.1 Å². The standard InChI is InChI=1S/C13H15N3O/c1-10(16-13-9-14-7-8-15-13)11-3-5-12(17-2)6-4-11/h3-10H,1-2H3,(H,15,16). The van der Waals surface area contributed by atoms with E-state index in [9.17, 15) is 0 Å². The second-order valence-electron chi connectivity index (χ2n) is 3.73. The number of hydrogen-bond acceptors (Lipinski definition) is 4. The molecule has 0 amide bonds. The zero-order valence-electron chi connectivity index (χ0n) is 9.92. The molecule has 2 rings (SSSR count). The fourth-order valence-electron chi connectivity index (χ4n) is 1.57. The summed E-state index contributed by atoms with van der Waals surface area (Å²) in [6.45, 7) is 2.08. The molecule has 0 saturated carbocycles. The Morgan fingerprint density at radius 1 is 1.18 bits per heavy atom. The molecule has 2 aromatic rings.